The third kappa shape index (κ3) is 4.03. The van der Waals surface area contributed by atoms with Crippen molar-refractivity contribution < 1.29 is 9.53 Å². The summed E-state index contributed by atoms with van der Waals surface area (Å²) in [4.78, 5) is 16.6. The van der Waals surface area contributed by atoms with E-state index in [0.29, 0.717) is 6.42 Å². The van der Waals surface area contributed by atoms with Crippen LogP contribution in [0.5, 0.6) is 0 Å². The van der Waals surface area contributed by atoms with E-state index >= 15 is 0 Å². The van der Waals surface area contributed by atoms with Gasteiger partial charge in [-0.3, -0.25) is 4.79 Å². The van der Waals surface area contributed by atoms with E-state index in [1.54, 1.807) is 11.3 Å². The van der Waals surface area contributed by atoms with Crippen LogP contribution in [0.1, 0.15) is 63.7 Å². The van der Waals surface area contributed by atoms with Gasteiger partial charge in [-0.05, 0) is 19.8 Å². The maximum absolute atomic E-state index is 12.0. The molecule has 2 unspecified atom stereocenters. The second-order valence-corrected chi connectivity index (χ2v) is 7.34. The zero-order chi connectivity index (χ0) is 14.8. The van der Waals surface area contributed by atoms with Crippen molar-refractivity contribution in [3.63, 3.8) is 0 Å². The summed E-state index contributed by atoms with van der Waals surface area (Å²) in [6.45, 7) is 9.21. The molecule has 2 heterocycles. The normalized spacial score (nSPS) is 20.9. The standard InChI is InChI=1S/C15H24N2O2S/c1-10(14-17-12(9-20-14)15(2,3)4)16-13(18)8-11-6-5-7-19-11/h9-11H,5-8H2,1-4H3,(H,16,18). The van der Waals surface area contributed by atoms with E-state index in [9.17, 15) is 4.79 Å². The van der Waals surface area contributed by atoms with Crippen molar-refractivity contribution in [2.75, 3.05) is 6.61 Å². The van der Waals surface area contributed by atoms with Crippen molar-refractivity contribution in [1.82, 2.24) is 10.3 Å². The summed E-state index contributed by atoms with van der Waals surface area (Å²) in [5.41, 5.74) is 1.13. The minimum absolute atomic E-state index is 0.0370. The molecule has 4 nitrogen and oxygen atoms in total. The fourth-order valence-electron chi connectivity index (χ4n) is 2.21. The van der Waals surface area contributed by atoms with E-state index in [0.717, 1.165) is 30.2 Å². The number of nitrogens with zero attached hydrogens (tertiary/aromatic N) is 1. The number of carbonyl (C=O) groups is 1. The van der Waals surface area contributed by atoms with Crippen molar-refractivity contribution >= 4 is 17.2 Å². The summed E-state index contributed by atoms with van der Waals surface area (Å²) in [6, 6.07) is -0.0370. The first-order valence-corrected chi connectivity index (χ1v) is 8.11. The second kappa shape index (κ2) is 6.22. The molecule has 1 amide bonds. The predicted molar refractivity (Wildman–Crippen MR) is 81.0 cm³/mol. The van der Waals surface area contributed by atoms with Crippen LogP contribution in [0.2, 0.25) is 0 Å². The maximum Gasteiger partial charge on any atom is 0.223 e. The fourth-order valence-corrected chi connectivity index (χ4v) is 3.26. The van der Waals surface area contributed by atoms with Crippen LogP contribution in [0.3, 0.4) is 0 Å². The minimum Gasteiger partial charge on any atom is -0.378 e. The molecule has 1 aromatic rings. The van der Waals surface area contributed by atoms with E-state index in [4.69, 9.17) is 4.74 Å². The Labute approximate surface area is 124 Å². The highest BCUT2D eigenvalue weighted by Gasteiger charge is 2.22. The van der Waals surface area contributed by atoms with Gasteiger partial charge in [0.15, 0.2) is 0 Å². The molecule has 2 rings (SSSR count). The Morgan fingerprint density at radius 2 is 2.35 bits per heavy atom. The monoisotopic (exact) mass is 296 g/mol. The SMILES string of the molecule is CC(NC(=O)CC1CCCO1)c1nc(C(C)(C)C)cs1. The zero-order valence-corrected chi connectivity index (χ0v) is 13.5. The number of aromatic nitrogens is 1. The molecule has 0 saturated carbocycles. The maximum atomic E-state index is 12.0. The van der Waals surface area contributed by atoms with Crippen LogP contribution < -0.4 is 5.32 Å². The molecule has 0 spiro atoms. The third-order valence-corrected chi connectivity index (χ3v) is 4.50. The van der Waals surface area contributed by atoms with Gasteiger partial charge in [-0.15, -0.1) is 11.3 Å². The van der Waals surface area contributed by atoms with E-state index < -0.39 is 0 Å². The average molecular weight is 296 g/mol. The molecule has 2 atom stereocenters. The van der Waals surface area contributed by atoms with Gasteiger partial charge in [0.2, 0.25) is 5.91 Å². The van der Waals surface area contributed by atoms with Crippen LogP contribution in [-0.2, 0) is 14.9 Å². The van der Waals surface area contributed by atoms with E-state index in [1.165, 1.54) is 0 Å². The zero-order valence-electron chi connectivity index (χ0n) is 12.7. The van der Waals surface area contributed by atoms with Crippen LogP contribution in [0.15, 0.2) is 5.38 Å². The van der Waals surface area contributed by atoms with Gasteiger partial charge >= 0.3 is 0 Å². The Balaban J connectivity index is 1.89. The van der Waals surface area contributed by atoms with Crippen LogP contribution in [0.4, 0.5) is 0 Å². The number of ether oxygens (including phenoxy) is 1. The summed E-state index contributed by atoms with van der Waals surface area (Å²) >= 11 is 1.61. The van der Waals surface area contributed by atoms with Gasteiger partial charge < -0.3 is 10.1 Å². The lowest BCUT2D eigenvalue weighted by Gasteiger charge is -2.16. The van der Waals surface area contributed by atoms with Crippen LogP contribution in [0, 0.1) is 0 Å². The smallest absolute Gasteiger partial charge is 0.223 e. The Morgan fingerprint density at radius 1 is 1.60 bits per heavy atom. The summed E-state index contributed by atoms with van der Waals surface area (Å²) in [7, 11) is 0. The molecule has 1 aliphatic rings. The molecule has 1 saturated heterocycles. The lowest BCUT2D eigenvalue weighted by atomic mass is 9.93. The number of amides is 1. The Morgan fingerprint density at radius 3 is 2.90 bits per heavy atom. The molecule has 1 aliphatic heterocycles. The molecule has 0 radical (unpaired) electrons. The number of hydrogen-bond donors (Lipinski definition) is 1. The van der Waals surface area contributed by atoms with E-state index in [1.807, 2.05) is 6.92 Å². The number of nitrogens with one attached hydrogen (secondary N) is 1. The average Bonchev–Trinajstić information content (AvgIpc) is 2.97. The van der Waals surface area contributed by atoms with Gasteiger partial charge in [-0.25, -0.2) is 4.98 Å². The highest BCUT2D eigenvalue weighted by Crippen LogP contribution is 2.27. The fraction of sp³-hybridized carbons (Fsp3) is 0.733. The topological polar surface area (TPSA) is 51.2 Å². The van der Waals surface area contributed by atoms with Gasteiger partial charge in [0.1, 0.15) is 5.01 Å². The predicted octanol–water partition coefficient (Wildman–Crippen LogP) is 3.19. The molecule has 0 aromatic carbocycles. The molecule has 20 heavy (non-hydrogen) atoms. The first-order valence-electron chi connectivity index (χ1n) is 7.23. The van der Waals surface area contributed by atoms with Crippen LogP contribution in [-0.4, -0.2) is 23.6 Å². The minimum atomic E-state index is -0.0370. The number of thiazole rings is 1. The summed E-state index contributed by atoms with van der Waals surface area (Å²) in [5, 5.41) is 6.07. The van der Waals surface area contributed by atoms with Gasteiger partial charge in [0.05, 0.1) is 24.3 Å². The van der Waals surface area contributed by atoms with E-state index in [-0.39, 0.29) is 23.5 Å². The lowest BCUT2D eigenvalue weighted by molar-refractivity contribution is -0.123. The van der Waals surface area contributed by atoms with Gasteiger partial charge in [0, 0.05) is 17.4 Å². The van der Waals surface area contributed by atoms with Crippen molar-refractivity contribution in [3.8, 4) is 0 Å². The van der Waals surface area contributed by atoms with Gasteiger partial charge in [0.25, 0.3) is 0 Å². The molecule has 0 aliphatic carbocycles. The molecule has 0 bridgehead atoms. The Kier molecular flexibility index (Phi) is 4.81. The quantitative estimate of drug-likeness (QED) is 0.928. The highest BCUT2D eigenvalue weighted by atomic mass is 32.1. The van der Waals surface area contributed by atoms with Gasteiger partial charge in [-0.2, -0.15) is 0 Å². The van der Waals surface area contributed by atoms with Crippen LogP contribution in [0.25, 0.3) is 0 Å². The molecule has 1 N–H and O–H groups in total. The van der Waals surface area contributed by atoms with Crippen molar-refractivity contribution in [3.05, 3.63) is 16.1 Å². The van der Waals surface area contributed by atoms with Gasteiger partial charge in [-0.1, -0.05) is 20.8 Å². The molecule has 112 valence electrons. The number of rotatable bonds is 4. The Bertz CT molecular complexity index is 459. The highest BCUT2D eigenvalue weighted by molar-refractivity contribution is 7.09. The molecular weight excluding hydrogens is 272 g/mol. The summed E-state index contributed by atoms with van der Waals surface area (Å²) in [5.74, 6) is 0.0527. The largest absolute Gasteiger partial charge is 0.378 e. The van der Waals surface area contributed by atoms with Crippen molar-refractivity contribution in [1.29, 1.82) is 0 Å². The van der Waals surface area contributed by atoms with Crippen molar-refractivity contribution in [2.45, 2.75) is 64.5 Å². The first-order chi connectivity index (χ1) is 9.36. The molecule has 5 heteroatoms. The number of carbonyl (C=O) groups excluding carboxylic acids is 1. The second-order valence-electron chi connectivity index (χ2n) is 6.45. The summed E-state index contributed by atoms with van der Waals surface area (Å²) < 4.78 is 5.49. The Hall–Kier alpha value is -0.940. The molecule has 1 aromatic heterocycles. The lowest BCUT2D eigenvalue weighted by Crippen LogP contribution is -2.29. The van der Waals surface area contributed by atoms with Crippen LogP contribution >= 0.6 is 11.3 Å². The number of hydrogen-bond acceptors (Lipinski definition) is 4. The summed E-state index contributed by atoms with van der Waals surface area (Å²) in [6.07, 6.45) is 2.62. The molecular formula is C15H24N2O2S. The van der Waals surface area contributed by atoms with Crippen molar-refractivity contribution in [2.24, 2.45) is 0 Å². The van der Waals surface area contributed by atoms with E-state index in [2.05, 4.69) is 36.5 Å². The third-order valence-electron chi connectivity index (χ3n) is 3.48. The first kappa shape index (κ1) is 15.4. The molecule has 1 fully saturated rings.